The number of fused-ring (bicyclic) bond motifs is 4. The molecule has 0 heteroatoms. The van der Waals surface area contributed by atoms with E-state index in [2.05, 4.69) is 385 Å². The zero-order chi connectivity index (χ0) is 67.6. The minimum atomic E-state index is 0.208. The Morgan fingerprint density at radius 1 is 0.207 bits per heavy atom. The first-order valence-corrected chi connectivity index (χ1v) is 33.4. The van der Waals surface area contributed by atoms with E-state index in [9.17, 15) is 0 Å². The summed E-state index contributed by atoms with van der Waals surface area (Å²) in [4.78, 5) is 0. The lowest BCUT2D eigenvalue weighted by molar-refractivity contribution is 0.587. The molecule has 0 nitrogen and oxygen atoms in total. The van der Waals surface area contributed by atoms with E-state index in [1.54, 1.807) is 0 Å². The second-order valence-electron chi connectivity index (χ2n) is 30.4. The van der Waals surface area contributed by atoms with Gasteiger partial charge in [-0.05, 0) is 226 Å². The number of aryl methyl sites for hydroxylation is 12. The lowest BCUT2D eigenvalue weighted by Gasteiger charge is -2.23. The molecule has 92 heavy (non-hydrogen) atoms. The standard InChI is InChI=1S/2C19H24.2C15H18.2C12H12/c1-13-8-7-9-16(10-13)18-14(2)11-17(12-15(18)3)19(4,5)6;1-13-9-7-8-10-17(13)18-14(2)11-16(12-15(18)3)19(4,5)6;1-11-9-12-7-5-6-8-13(12)10-14(11)15(2,3)4;1-11-9-12-7-5-6-8-13(12)14(10-11)15(2,3)4;1-9-3-5-12-8-10(2)4-6-11(12)7-9;1-9-3-5-11-6-4-10(2)8-12(11)7-9/h2*7-12H,1-6H3;2*5-10H,1-4H3;2*3-8H,1-2H3. The van der Waals surface area contributed by atoms with Crippen molar-refractivity contribution in [1.29, 1.82) is 0 Å². The van der Waals surface area contributed by atoms with Crippen molar-refractivity contribution in [3.8, 4) is 22.3 Å². The van der Waals surface area contributed by atoms with Gasteiger partial charge in [-0.2, -0.15) is 0 Å². The molecule has 0 heterocycles. The SMILES string of the molecule is Cc1cc(C(C)(C)C)c2ccccc2c1.Cc1cc2ccccc2cc1C(C)(C)C.Cc1ccc2cc(C)ccc2c1.Cc1ccc2ccc(C)cc2c1.Cc1cccc(-c2c(C)cc(C(C)(C)C)cc2C)c1.Cc1ccccc1-c1c(C)cc(C(C)(C)C)cc1C. The van der Waals surface area contributed by atoms with Crippen LogP contribution in [-0.4, -0.2) is 0 Å². The van der Waals surface area contributed by atoms with Crippen LogP contribution < -0.4 is 0 Å². The Morgan fingerprint density at radius 3 is 1.04 bits per heavy atom. The maximum absolute atomic E-state index is 2.34. The highest BCUT2D eigenvalue weighted by Crippen LogP contribution is 2.37. The number of rotatable bonds is 2. The van der Waals surface area contributed by atoms with Gasteiger partial charge in [0.1, 0.15) is 0 Å². The lowest BCUT2D eigenvalue weighted by atomic mass is 9.82. The van der Waals surface area contributed by atoms with Crippen molar-refractivity contribution in [2.24, 2.45) is 0 Å². The van der Waals surface area contributed by atoms with Crippen LogP contribution in [0.15, 0.2) is 218 Å². The van der Waals surface area contributed by atoms with Gasteiger partial charge in [-0.25, -0.2) is 0 Å². The predicted octanol–water partition coefficient (Wildman–Crippen LogP) is 27.0. The molecule has 0 saturated heterocycles. The highest BCUT2D eigenvalue weighted by molar-refractivity contribution is 5.88. The molecule has 0 radical (unpaired) electrons. The van der Waals surface area contributed by atoms with Gasteiger partial charge < -0.3 is 0 Å². The van der Waals surface area contributed by atoms with Gasteiger partial charge >= 0.3 is 0 Å². The maximum atomic E-state index is 2.34. The number of hydrogen-bond acceptors (Lipinski definition) is 0. The van der Waals surface area contributed by atoms with Crippen molar-refractivity contribution in [2.45, 2.75) is 188 Å². The Hall–Kier alpha value is -8.32. The molecule has 476 valence electrons. The highest BCUT2D eigenvalue weighted by Gasteiger charge is 2.21. The molecular weight excluding hydrogens is 1110 g/mol. The fourth-order valence-corrected chi connectivity index (χ4v) is 12.5. The largest absolute Gasteiger partial charge is 0.0620 e. The monoisotopic (exact) mass is 1210 g/mol. The number of hydrogen-bond donors (Lipinski definition) is 0. The average molecular weight is 1210 g/mol. The molecule has 0 spiro atoms. The topological polar surface area (TPSA) is 0 Å². The second kappa shape index (κ2) is 30.0. The van der Waals surface area contributed by atoms with Gasteiger partial charge in [0.15, 0.2) is 0 Å². The van der Waals surface area contributed by atoms with E-state index >= 15 is 0 Å². The smallest absolute Gasteiger partial charge is 0.0123 e. The van der Waals surface area contributed by atoms with Crippen LogP contribution in [0.1, 0.15) is 172 Å². The molecule has 0 aliphatic carbocycles. The summed E-state index contributed by atoms with van der Waals surface area (Å²) < 4.78 is 0. The molecule has 0 saturated carbocycles. The normalized spacial score (nSPS) is 11.5. The van der Waals surface area contributed by atoms with Crippen molar-refractivity contribution in [1.82, 2.24) is 0 Å². The molecule has 0 N–H and O–H groups in total. The van der Waals surface area contributed by atoms with Crippen LogP contribution in [0.3, 0.4) is 0 Å². The zero-order valence-corrected chi connectivity index (χ0v) is 60.8. The summed E-state index contributed by atoms with van der Waals surface area (Å²) in [5.74, 6) is 0. The van der Waals surface area contributed by atoms with Gasteiger partial charge in [0, 0.05) is 0 Å². The van der Waals surface area contributed by atoms with Crippen LogP contribution in [-0.2, 0) is 21.7 Å². The van der Waals surface area contributed by atoms with Crippen molar-refractivity contribution in [2.75, 3.05) is 0 Å². The average Bonchev–Trinajstić information content (AvgIpc) is 1.02. The molecule has 0 aliphatic heterocycles. The van der Waals surface area contributed by atoms with Gasteiger partial charge in [0.2, 0.25) is 0 Å². The third kappa shape index (κ3) is 19.1. The predicted molar refractivity (Wildman–Crippen MR) is 411 cm³/mol. The first kappa shape index (κ1) is 71.1. The molecule has 0 fully saturated rings. The molecule has 0 bridgehead atoms. The van der Waals surface area contributed by atoms with Crippen molar-refractivity contribution >= 4 is 43.1 Å². The van der Waals surface area contributed by atoms with Crippen LogP contribution in [0, 0.1) is 83.1 Å². The van der Waals surface area contributed by atoms with Crippen LogP contribution in [0.4, 0.5) is 0 Å². The van der Waals surface area contributed by atoms with Crippen molar-refractivity contribution in [3.05, 3.63) is 307 Å². The summed E-state index contributed by atoms with van der Waals surface area (Å²) in [7, 11) is 0. The molecule has 0 aliphatic rings. The van der Waals surface area contributed by atoms with Crippen molar-refractivity contribution < 1.29 is 0 Å². The van der Waals surface area contributed by atoms with Crippen LogP contribution >= 0.6 is 0 Å². The number of benzene rings is 12. The minimum absolute atomic E-state index is 0.208. The molecule has 0 amide bonds. The van der Waals surface area contributed by atoms with E-state index in [1.807, 2.05) is 0 Å². The van der Waals surface area contributed by atoms with Crippen LogP contribution in [0.25, 0.3) is 65.3 Å². The van der Waals surface area contributed by atoms with E-state index in [-0.39, 0.29) is 21.7 Å². The first-order valence-electron chi connectivity index (χ1n) is 33.4. The summed E-state index contributed by atoms with van der Waals surface area (Å²) in [5, 5.41) is 10.7. The Labute approximate surface area is 557 Å². The molecular formula is C92H108. The zero-order valence-electron chi connectivity index (χ0n) is 60.8. The van der Waals surface area contributed by atoms with E-state index in [0.29, 0.717) is 0 Å². The van der Waals surface area contributed by atoms with E-state index < -0.39 is 0 Å². The summed E-state index contributed by atoms with van der Waals surface area (Å²) in [6.07, 6.45) is 0. The Morgan fingerprint density at radius 2 is 0.587 bits per heavy atom. The maximum Gasteiger partial charge on any atom is -0.0123 e. The third-order valence-corrected chi connectivity index (χ3v) is 17.5. The summed E-state index contributed by atoms with van der Waals surface area (Å²) in [6.45, 7) is 53.4. The Bertz CT molecular complexity index is 4360. The van der Waals surface area contributed by atoms with Crippen LogP contribution in [0.5, 0.6) is 0 Å². The van der Waals surface area contributed by atoms with Gasteiger partial charge in [-0.1, -0.05) is 335 Å². The fourth-order valence-electron chi connectivity index (χ4n) is 12.5. The van der Waals surface area contributed by atoms with E-state index in [0.717, 1.165) is 0 Å². The molecule has 0 aromatic heterocycles. The van der Waals surface area contributed by atoms with E-state index in [1.165, 1.54) is 154 Å². The molecule has 0 atom stereocenters. The molecule has 12 aromatic rings. The Balaban J connectivity index is 0.000000158. The summed E-state index contributed by atoms with van der Waals surface area (Å²) in [5.41, 5.74) is 28.2. The summed E-state index contributed by atoms with van der Waals surface area (Å²) >= 11 is 0. The first-order chi connectivity index (χ1) is 43.1. The second-order valence-corrected chi connectivity index (χ2v) is 30.4. The third-order valence-electron chi connectivity index (χ3n) is 17.5. The van der Waals surface area contributed by atoms with Gasteiger partial charge in [0.05, 0.1) is 0 Å². The van der Waals surface area contributed by atoms with Crippen LogP contribution in [0.2, 0.25) is 0 Å². The lowest BCUT2D eigenvalue weighted by Crippen LogP contribution is -2.12. The van der Waals surface area contributed by atoms with E-state index in [4.69, 9.17) is 0 Å². The Kier molecular flexibility index (Phi) is 23.2. The van der Waals surface area contributed by atoms with Gasteiger partial charge in [-0.15, -0.1) is 0 Å². The highest BCUT2D eigenvalue weighted by atomic mass is 14.3. The summed E-state index contributed by atoms with van der Waals surface area (Å²) in [6, 6.07) is 79.3. The molecule has 12 rings (SSSR count). The quantitative estimate of drug-likeness (QED) is 0.162. The van der Waals surface area contributed by atoms with Crippen molar-refractivity contribution in [3.63, 3.8) is 0 Å². The molecule has 0 unspecified atom stereocenters. The molecule has 12 aromatic carbocycles. The van der Waals surface area contributed by atoms with Gasteiger partial charge in [-0.3, -0.25) is 0 Å². The van der Waals surface area contributed by atoms with Gasteiger partial charge in [0.25, 0.3) is 0 Å². The fraction of sp³-hybridized carbons (Fsp3) is 0.304. The minimum Gasteiger partial charge on any atom is -0.0620 e.